The first-order valence-electron chi connectivity index (χ1n) is 2.51. The highest BCUT2D eigenvalue weighted by Crippen LogP contribution is 2.29. The lowest BCUT2D eigenvalue weighted by molar-refractivity contribution is 1.33. The van der Waals surface area contributed by atoms with Gasteiger partial charge in [-0.15, -0.1) is 24.4 Å². The van der Waals surface area contributed by atoms with E-state index in [-0.39, 0.29) is 0 Å². The Balaban J connectivity index is 2.67. The van der Waals surface area contributed by atoms with Crippen molar-refractivity contribution in [2.24, 2.45) is 0 Å². The van der Waals surface area contributed by atoms with Crippen LogP contribution < -0.4 is 0 Å². The van der Waals surface area contributed by atoms with Crippen molar-refractivity contribution < 1.29 is 0 Å². The maximum atomic E-state index is 4.26. The molecule has 0 aromatic heterocycles. The van der Waals surface area contributed by atoms with E-state index < -0.39 is 0 Å². The third kappa shape index (κ3) is 1.33. The van der Waals surface area contributed by atoms with Crippen LogP contribution in [0.1, 0.15) is 13.3 Å². The van der Waals surface area contributed by atoms with Crippen molar-refractivity contribution in [2.75, 3.05) is 0 Å². The minimum atomic E-state index is 1.02. The molecule has 0 radical (unpaired) electrons. The van der Waals surface area contributed by atoms with Crippen LogP contribution in [0.25, 0.3) is 0 Å². The highest BCUT2D eigenvalue weighted by Gasteiger charge is 1.98. The van der Waals surface area contributed by atoms with Crippen LogP contribution in [-0.4, -0.2) is 0 Å². The summed E-state index contributed by atoms with van der Waals surface area (Å²) in [4.78, 5) is 2.54. The molecule has 44 valence electrons. The van der Waals surface area contributed by atoms with Gasteiger partial charge in [0.15, 0.2) is 0 Å². The Morgan fingerprint density at radius 3 is 2.88 bits per heavy atom. The average Bonchev–Trinajstić information content (AvgIpc) is 1.77. The van der Waals surface area contributed by atoms with Crippen LogP contribution in [0.5, 0.6) is 0 Å². The Morgan fingerprint density at radius 1 is 1.75 bits per heavy atom. The van der Waals surface area contributed by atoms with Gasteiger partial charge in [-0.3, -0.25) is 0 Å². The number of allylic oxidation sites excluding steroid dienone is 3. The molecule has 0 N–H and O–H groups in total. The van der Waals surface area contributed by atoms with Gasteiger partial charge in [-0.05, 0) is 28.6 Å². The van der Waals surface area contributed by atoms with E-state index in [9.17, 15) is 0 Å². The Morgan fingerprint density at radius 2 is 2.50 bits per heavy atom. The second-order valence-corrected chi connectivity index (χ2v) is 3.36. The summed E-state index contributed by atoms with van der Waals surface area (Å²) >= 11 is 6.01. The summed E-state index contributed by atoms with van der Waals surface area (Å²) in [5.41, 5.74) is 0. The number of hydrogen-bond acceptors (Lipinski definition) is 2. The summed E-state index contributed by atoms with van der Waals surface area (Å²) in [6, 6.07) is 0. The van der Waals surface area contributed by atoms with E-state index in [2.05, 4.69) is 31.0 Å². The first-order valence-corrected chi connectivity index (χ1v) is 3.84. The minimum Gasteiger partial charge on any atom is -0.147 e. The highest BCUT2D eigenvalue weighted by atomic mass is 32.2. The fraction of sp³-hybridized carbons (Fsp3) is 0.333. The molecular formula is C6H8S2. The smallest absolute Gasteiger partial charge is 0.00236 e. The van der Waals surface area contributed by atoms with Gasteiger partial charge in [0.2, 0.25) is 0 Å². The average molecular weight is 144 g/mol. The van der Waals surface area contributed by atoms with Crippen LogP contribution in [0.4, 0.5) is 0 Å². The van der Waals surface area contributed by atoms with Crippen molar-refractivity contribution in [1.29, 1.82) is 0 Å². The first kappa shape index (κ1) is 6.30. The second-order valence-electron chi connectivity index (χ2n) is 1.70. The minimum absolute atomic E-state index is 1.02. The third-order valence-corrected chi connectivity index (χ3v) is 2.66. The van der Waals surface area contributed by atoms with E-state index in [1.54, 1.807) is 11.8 Å². The Kier molecular flexibility index (Phi) is 2.08. The molecule has 1 aliphatic rings. The molecule has 0 saturated carbocycles. The van der Waals surface area contributed by atoms with Crippen LogP contribution in [0.15, 0.2) is 21.3 Å². The zero-order valence-corrected chi connectivity index (χ0v) is 6.43. The van der Waals surface area contributed by atoms with Crippen molar-refractivity contribution in [1.82, 2.24) is 0 Å². The molecule has 0 aliphatic carbocycles. The third-order valence-electron chi connectivity index (χ3n) is 1.06. The number of rotatable bonds is 0. The number of thiol groups is 1. The zero-order chi connectivity index (χ0) is 5.98. The zero-order valence-electron chi connectivity index (χ0n) is 4.72. The van der Waals surface area contributed by atoms with Crippen molar-refractivity contribution in [2.45, 2.75) is 13.3 Å². The lowest BCUT2D eigenvalue weighted by Gasteiger charge is -2.04. The Hall–Kier alpha value is 0.180. The van der Waals surface area contributed by atoms with E-state index in [4.69, 9.17) is 0 Å². The summed E-state index contributed by atoms with van der Waals surface area (Å²) < 4.78 is 0. The standard InChI is InChI=1S/C6H8S2/c1-5-6(7)3-2-4-8-5/h2,4,7H,3H2,1H3. The van der Waals surface area contributed by atoms with E-state index in [0.29, 0.717) is 0 Å². The van der Waals surface area contributed by atoms with Crippen LogP contribution in [0, 0.1) is 0 Å². The molecule has 0 amide bonds. The van der Waals surface area contributed by atoms with Crippen LogP contribution in [0.2, 0.25) is 0 Å². The predicted molar refractivity (Wildman–Crippen MR) is 43.0 cm³/mol. The lowest BCUT2D eigenvalue weighted by atomic mass is 10.4. The summed E-state index contributed by atoms with van der Waals surface area (Å²) in [7, 11) is 0. The van der Waals surface area contributed by atoms with Gasteiger partial charge in [0.1, 0.15) is 0 Å². The van der Waals surface area contributed by atoms with Crippen LogP contribution in [-0.2, 0) is 0 Å². The predicted octanol–water partition coefficient (Wildman–Crippen LogP) is 2.80. The molecule has 0 unspecified atom stereocenters. The summed E-state index contributed by atoms with van der Waals surface area (Å²) in [5.74, 6) is 0. The molecule has 1 heterocycles. The normalized spacial score (nSPS) is 19.8. The Bertz CT molecular complexity index is 129. The maximum Gasteiger partial charge on any atom is -0.00236 e. The van der Waals surface area contributed by atoms with E-state index in [1.807, 2.05) is 0 Å². The van der Waals surface area contributed by atoms with Gasteiger partial charge in [-0.25, -0.2) is 0 Å². The topological polar surface area (TPSA) is 0 Å². The van der Waals surface area contributed by atoms with Gasteiger partial charge >= 0.3 is 0 Å². The van der Waals surface area contributed by atoms with Crippen molar-refractivity contribution in [3.05, 3.63) is 21.3 Å². The van der Waals surface area contributed by atoms with Gasteiger partial charge in [-0.2, -0.15) is 0 Å². The lowest BCUT2D eigenvalue weighted by Crippen LogP contribution is -1.78. The first-order chi connectivity index (χ1) is 3.80. The molecule has 0 aromatic carbocycles. The molecule has 0 saturated heterocycles. The van der Waals surface area contributed by atoms with Gasteiger partial charge in [0.25, 0.3) is 0 Å². The molecule has 0 fully saturated rings. The molecule has 0 nitrogen and oxygen atoms in total. The number of thioether (sulfide) groups is 1. The molecule has 2 heteroatoms. The largest absolute Gasteiger partial charge is 0.147 e. The summed E-state index contributed by atoms with van der Waals surface area (Å²) in [5, 5.41) is 2.11. The van der Waals surface area contributed by atoms with Gasteiger partial charge in [0.05, 0.1) is 0 Å². The quantitative estimate of drug-likeness (QED) is 0.510. The fourth-order valence-corrected chi connectivity index (χ4v) is 1.40. The van der Waals surface area contributed by atoms with Crippen LogP contribution in [0.3, 0.4) is 0 Å². The van der Waals surface area contributed by atoms with Crippen molar-refractivity contribution in [3.63, 3.8) is 0 Å². The molecule has 0 spiro atoms. The molecular weight excluding hydrogens is 136 g/mol. The highest BCUT2D eigenvalue weighted by molar-refractivity contribution is 8.06. The van der Waals surface area contributed by atoms with Crippen molar-refractivity contribution in [3.8, 4) is 0 Å². The van der Waals surface area contributed by atoms with Gasteiger partial charge in [-0.1, -0.05) is 6.08 Å². The van der Waals surface area contributed by atoms with Gasteiger partial charge in [0, 0.05) is 0 Å². The fourth-order valence-electron chi connectivity index (χ4n) is 0.522. The number of hydrogen-bond donors (Lipinski definition) is 1. The monoisotopic (exact) mass is 144 g/mol. The molecule has 0 aromatic rings. The molecule has 0 atom stereocenters. The molecule has 8 heavy (non-hydrogen) atoms. The maximum absolute atomic E-state index is 4.26. The van der Waals surface area contributed by atoms with Gasteiger partial charge < -0.3 is 0 Å². The second kappa shape index (κ2) is 2.65. The van der Waals surface area contributed by atoms with Crippen LogP contribution >= 0.6 is 24.4 Å². The summed E-state index contributed by atoms with van der Waals surface area (Å²) in [6.07, 6.45) is 3.14. The SMILES string of the molecule is CC1=C(S)CC=CS1. The summed E-state index contributed by atoms with van der Waals surface area (Å²) in [6.45, 7) is 2.09. The molecule has 1 rings (SSSR count). The Labute approximate surface area is 59.5 Å². The van der Waals surface area contributed by atoms with Crippen molar-refractivity contribution >= 4 is 24.4 Å². The van der Waals surface area contributed by atoms with E-state index in [0.717, 1.165) is 6.42 Å². The van der Waals surface area contributed by atoms with E-state index >= 15 is 0 Å². The molecule has 0 bridgehead atoms. The molecule has 1 aliphatic heterocycles. The van der Waals surface area contributed by atoms with E-state index in [1.165, 1.54) is 9.81 Å².